The Morgan fingerprint density at radius 1 is 1.12 bits per heavy atom. The van der Waals surface area contributed by atoms with Crippen LogP contribution in [0.25, 0.3) is 0 Å². The monoisotopic (exact) mass is 251 g/mol. The molecule has 0 aromatic carbocycles. The Bertz CT molecular complexity index is 62.2. The standard InChI is InChI=1S/Fe.Li.Nb.H3O4P/c;;;1-5(2,3)4/h;;;(H3,1,2,3,4)/q+2;+1;+5;/p-3. The molecule has 0 aliphatic carbocycles. The van der Waals surface area contributed by atoms with Gasteiger partial charge in [0.15, 0.2) is 0 Å². The van der Waals surface area contributed by atoms with Gasteiger partial charge in [-0.1, -0.05) is 0 Å². The molecule has 0 N–H and O–H groups in total. The first kappa shape index (κ1) is 22.5. The third-order valence-corrected chi connectivity index (χ3v) is 0. The Kier molecular flexibility index (Phi) is 25.2. The summed E-state index contributed by atoms with van der Waals surface area (Å²) in [5, 5.41) is 0. The minimum atomic E-state index is -5.39. The SMILES string of the molecule is O=P([O-])([O-])[O-].[Fe+2].[Li+].[Nb+5]. The fourth-order valence-electron chi connectivity index (χ4n) is 0. The van der Waals surface area contributed by atoms with Gasteiger partial charge in [0.05, 0.1) is 0 Å². The van der Waals surface area contributed by atoms with Crippen LogP contribution in [0, 0.1) is 0 Å². The maximum atomic E-state index is 8.55. The zero-order chi connectivity index (χ0) is 4.50. The first-order chi connectivity index (χ1) is 2.00. The molecule has 0 aliphatic heterocycles. The van der Waals surface area contributed by atoms with Crippen molar-refractivity contribution in [2.45, 2.75) is 0 Å². The van der Waals surface area contributed by atoms with Crippen molar-refractivity contribution in [1.82, 2.24) is 0 Å². The van der Waals surface area contributed by atoms with Crippen molar-refractivity contribution >= 4 is 7.82 Å². The van der Waals surface area contributed by atoms with Crippen molar-refractivity contribution in [2.75, 3.05) is 0 Å². The zero-order valence-corrected chi connectivity index (χ0v) is 8.08. The fourth-order valence-corrected chi connectivity index (χ4v) is 0. The Balaban J connectivity index is -0.0000000267. The Morgan fingerprint density at radius 2 is 1.12 bits per heavy atom. The molecule has 0 atom stereocenters. The van der Waals surface area contributed by atoms with Gasteiger partial charge in [0.2, 0.25) is 0 Å². The normalized spacial score (nSPS) is 7.38. The van der Waals surface area contributed by atoms with Gasteiger partial charge in [-0.25, -0.2) is 0 Å². The average molecular weight is 251 g/mol. The predicted molar refractivity (Wildman–Crippen MR) is 7.61 cm³/mol. The molecular weight excluding hydrogens is 251 g/mol. The summed E-state index contributed by atoms with van der Waals surface area (Å²) in [5.74, 6) is 0. The van der Waals surface area contributed by atoms with Crippen LogP contribution >= 0.6 is 7.82 Å². The summed E-state index contributed by atoms with van der Waals surface area (Å²) in [5.41, 5.74) is 0. The van der Waals surface area contributed by atoms with Crippen LogP contribution in [0.3, 0.4) is 0 Å². The third-order valence-electron chi connectivity index (χ3n) is 0. The van der Waals surface area contributed by atoms with Gasteiger partial charge in [0.25, 0.3) is 0 Å². The van der Waals surface area contributed by atoms with Crippen LogP contribution < -0.4 is 33.5 Å². The van der Waals surface area contributed by atoms with Crippen LogP contribution in [0.1, 0.15) is 0 Å². The number of hydrogen-bond donors (Lipinski definition) is 0. The van der Waals surface area contributed by atoms with E-state index >= 15 is 0 Å². The van der Waals surface area contributed by atoms with Crippen molar-refractivity contribution in [3.05, 3.63) is 0 Å². The number of rotatable bonds is 0. The second-order valence-corrected chi connectivity index (χ2v) is 1.34. The van der Waals surface area contributed by atoms with Crippen LogP contribution in [0.2, 0.25) is 0 Å². The van der Waals surface area contributed by atoms with Gasteiger partial charge in [-0.3, -0.25) is 0 Å². The number of hydrogen-bond acceptors (Lipinski definition) is 4. The second kappa shape index (κ2) is 8.97. The molecule has 0 aliphatic rings. The van der Waals surface area contributed by atoms with Crippen LogP contribution in [-0.2, 0) is 44.0 Å². The summed E-state index contributed by atoms with van der Waals surface area (Å²) in [6.45, 7) is 0. The molecule has 8 heavy (non-hydrogen) atoms. The van der Waals surface area contributed by atoms with E-state index in [4.69, 9.17) is 19.2 Å². The molecule has 0 spiro atoms. The molecule has 0 fully saturated rings. The summed E-state index contributed by atoms with van der Waals surface area (Å²) < 4.78 is 8.55. The first-order valence-electron chi connectivity index (χ1n) is 0.730. The maximum Gasteiger partial charge on any atom is 5.00 e. The molecule has 0 aromatic rings. The molecule has 0 radical (unpaired) electrons. The summed E-state index contributed by atoms with van der Waals surface area (Å²) in [6.07, 6.45) is 0. The van der Waals surface area contributed by atoms with Gasteiger partial charge in [0, 0.05) is 0 Å². The van der Waals surface area contributed by atoms with E-state index < -0.39 is 7.82 Å². The van der Waals surface area contributed by atoms with Crippen LogP contribution in [-0.4, -0.2) is 0 Å². The summed E-state index contributed by atoms with van der Waals surface area (Å²) in [6, 6.07) is 0. The molecule has 0 saturated carbocycles. The first-order valence-corrected chi connectivity index (χ1v) is 2.19. The number of phosphoric acid groups is 1. The summed E-state index contributed by atoms with van der Waals surface area (Å²) >= 11 is 0. The van der Waals surface area contributed by atoms with Gasteiger partial charge >= 0.3 is 58.3 Å². The van der Waals surface area contributed by atoms with Crippen LogP contribution in [0.15, 0.2) is 0 Å². The van der Waals surface area contributed by atoms with E-state index in [2.05, 4.69) is 0 Å². The van der Waals surface area contributed by atoms with E-state index in [1.807, 2.05) is 0 Å². The Hall–Kier alpha value is 1.97. The van der Waals surface area contributed by atoms with Crippen molar-refractivity contribution < 1.29 is 77.6 Å². The Morgan fingerprint density at radius 3 is 1.12 bits per heavy atom. The summed E-state index contributed by atoms with van der Waals surface area (Å²) in [7, 11) is -5.39. The zero-order valence-electron chi connectivity index (χ0n) is 3.88. The van der Waals surface area contributed by atoms with Crippen molar-refractivity contribution in [3.8, 4) is 0 Å². The van der Waals surface area contributed by atoms with E-state index in [1.165, 1.54) is 0 Å². The molecular formula is FeLiNbO4P+5. The largest absolute Gasteiger partial charge is 5.00 e. The Labute approximate surface area is 84.8 Å². The maximum absolute atomic E-state index is 8.55. The van der Waals surface area contributed by atoms with Gasteiger partial charge < -0.3 is 19.2 Å². The van der Waals surface area contributed by atoms with Crippen LogP contribution in [0.4, 0.5) is 0 Å². The molecule has 4 nitrogen and oxygen atoms in total. The van der Waals surface area contributed by atoms with Gasteiger partial charge in [-0.05, 0) is 0 Å². The van der Waals surface area contributed by atoms with Gasteiger partial charge in [-0.2, -0.15) is 7.82 Å². The topological polar surface area (TPSA) is 86.2 Å². The van der Waals surface area contributed by atoms with Gasteiger partial charge in [-0.15, -0.1) is 0 Å². The summed E-state index contributed by atoms with van der Waals surface area (Å²) in [4.78, 5) is 25.6. The van der Waals surface area contributed by atoms with Crippen molar-refractivity contribution in [1.29, 1.82) is 0 Å². The van der Waals surface area contributed by atoms with Crippen LogP contribution in [0.5, 0.6) is 0 Å². The minimum Gasteiger partial charge on any atom is -0.822 e. The second-order valence-electron chi connectivity index (χ2n) is 0.447. The average Bonchev–Trinajstić information content (AvgIpc) is 0.722. The molecule has 0 saturated heterocycles. The molecule has 0 bridgehead atoms. The predicted octanol–water partition coefficient (Wildman–Crippen LogP) is -5.83. The van der Waals surface area contributed by atoms with E-state index in [9.17, 15) is 0 Å². The van der Waals surface area contributed by atoms with Crippen molar-refractivity contribution in [2.24, 2.45) is 0 Å². The quantitative estimate of drug-likeness (QED) is 0.317. The van der Waals surface area contributed by atoms with E-state index in [0.29, 0.717) is 0 Å². The fraction of sp³-hybridized carbons (Fsp3) is 0. The van der Waals surface area contributed by atoms with Crippen molar-refractivity contribution in [3.63, 3.8) is 0 Å². The molecule has 0 unspecified atom stereocenters. The third kappa shape index (κ3) is 99.9. The molecule has 0 amide bonds. The van der Waals surface area contributed by atoms with E-state index in [1.54, 1.807) is 0 Å². The molecule has 38 valence electrons. The molecule has 0 aromatic heterocycles. The van der Waals surface area contributed by atoms with Gasteiger partial charge in [0.1, 0.15) is 0 Å². The smallest absolute Gasteiger partial charge is 0.822 e. The van der Waals surface area contributed by atoms with E-state index in [-0.39, 0.29) is 58.3 Å². The molecule has 0 rings (SSSR count). The molecule has 0 heterocycles. The molecule has 8 heteroatoms. The minimum absolute atomic E-state index is 0. The van der Waals surface area contributed by atoms with E-state index in [0.717, 1.165) is 0 Å².